The number of nitrogens with zero attached hydrogens (tertiary/aromatic N) is 5. The Labute approximate surface area is 169 Å². The van der Waals surface area contributed by atoms with Gasteiger partial charge in [0.25, 0.3) is 0 Å². The summed E-state index contributed by atoms with van der Waals surface area (Å²) in [5, 5.41) is 15.0. The van der Waals surface area contributed by atoms with Crippen LogP contribution in [0.5, 0.6) is 0 Å². The van der Waals surface area contributed by atoms with Crippen molar-refractivity contribution >= 4 is 0 Å². The predicted molar refractivity (Wildman–Crippen MR) is 108 cm³/mol. The summed E-state index contributed by atoms with van der Waals surface area (Å²) >= 11 is 0. The van der Waals surface area contributed by atoms with Gasteiger partial charge in [0, 0.05) is 28.9 Å². The van der Waals surface area contributed by atoms with E-state index in [1.54, 1.807) is 12.3 Å². The molecule has 0 amide bonds. The highest BCUT2D eigenvalue weighted by Gasteiger charge is 2.30. The zero-order valence-corrected chi connectivity index (χ0v) is 16.5. The van der Waals surface area contributed by atoms with Crippen molar-refractivity contribution in [1.29, 1.82) is 0 Å². The van der Waals surface area contributed by atoms with Crippen molar-refractivity contribution in [2.24, 2.45) is 0 Å². The Morgan fingerprint density at radius 2 is 1.79 bits per heavy atom. The van der Waals surface area contributed by atoms with E-state index in [0.717, 1.165) is 66.6 Å². The maximum absolute atomic E-state index is 15.0. The smallest absolute Gasteiger partial charge is 0.207 e. The third-order valence-corrected chi connectivity index (χ3v) is 6.35. The lowest BCUT2D eigenvalue weighted by Gasteiger charge is -2.26. The van der Waals surface area contributed by atoms with E-state index in [0.29, 0.717) is 17.3 Å². The first-order chi connectivity index (χ1) is 14.3. The first kappa shape index (κ1) is 18.3. The molecule has 29 heavy (non-hydrogen) atoms. The number of nitrogens with one attached hydrogen (secondary N) is 1. The fourth-order valence-electron chi connectivity index (χ4n) is 4.98. The van der Waals surface area contributed by atoms with Gasteiger partial charge in [-0.3, -0.25) is 9.97 Å². The standard InChI is InChI=1S/C22H25FN6/c23-17-13-24-12-11-15(17)19-16-9-5-2-6-10-18(16)25-21(14-7-3-1-4-8-14)20(19)22-26-28-29-27-22/h11-14H,1-10H2,(H,26,27,28,29). The molecule has 0 unspecified atom stereocenters. The molecule has 7 heteroatoms. The lowest BCUT2D eigenvalue weighted by Crippen LogP contribution is -2.14. The number of pyridine rings is 2. The van der Waals surface area contributed by atoms with Gasteiger partial charge in [0.15, 0.2) is 0 Å². The molecule has 3 aromatic rings. The number of aromatic nitrogens is 6. The van der Waals surface area contributed by atoms with E-state index in [9.17, 15) is 4.39 Å². The number of hydrogen-bond donors (Lipinski definition) is 1. The highest BCUT2D eigenvalue weighted by Crippen LogP contribution is 2.44. The molecule has 2 aliphatic carbocycles. The first-order valence-electron chi connectivity index (χ1n) is 10.7. The number of H-pyrrole nitrogens is 1. The molecule has 0 aliphatic heterocycles. The number of aromatic amines is 1. The Kier molecular flexibility index (Phi) is 5.04. The minimum absolute atomic E-state index is 0.315. The molecule has 1 fully saturated rings. The number of rotatable bonds is 3. The van der Waals surface area contributed by atoms with Crippen LogP contribution in [-0.2, 0) is 12.8 Å². The zero-order valence-electron chi connectivity index (χ0n) is 16.5. The molecule has 0 spiro atoms. The Morgan fingerprint density at radius 3 is 2.59 bits per heavy atom. The summed E-state index contributed by atoms with van der Waals surface area (Å²) in [6.45, 7) is 0. The van der Waals surface area contributed by atoms with Crippen LogP contribution in [-0.4, -0.2) is 30.6 Å². The van der Waals surface area contributed by atoms with Gasteiger partial charge < -0.3 is 0 Å². The number of aryl methyl sites for hydroxylation is 1. The molecule has 0 saturated heterocycles. The molecular formula is C22H25FN6. The monoisotopic (exact) mass is 392 g/mol. The van der Waals surface area contributed by atoms with Crippen LogP contribution >= 0.6 is 0 Å². The van der Waals surface area contributed by atoms with E-state index in [4.69, 9.17) is 4.98 Å². The normalized spacial score (nSPS) is 17.7. The van der Waals surface area contributed by atoms with Crippen LogP contribution in [0.4, 0.5) is 4.39 Å². The van der Waals surface area contributed by atoms with Crippen molar-refractivity contribution in [1.82, 2.24) is 30.6 Å². The molecule has 0 atom stereocenters. The molecule has 2 aliphatic rings. The summed E-state index contributed by atoms with van der Waals surface area (Å²) in [6, 6.07) is 1.77. The van der Waals surface area contributed by atoms with Crippen LogP contribution in [0.15, 0.2) is 18.5 Å². The summed E-state index contributed by atoms with van der Waals surface area (Å²) in [5.41, 5.74) is 5.62. The quantitative estimate of drug-likeness (QED) is 0.649. The van der Waals surface area contributed by atoms with E-state index >= 15 is 0 Å². The Bertz CT molecular complexity index is 995. The third kappa shape index (κ3) is 3.43. The van der Waals surface area contributed by atoms with Crippen molar-refractivity contribution in [3.63, 3.8) is 0 Å². The maximum atomic E-state index is 15.0. The van der Waals surface area contributed by atoms with Gasteiger partial charge in [-0.1, -0.05) is 25.7 Å². The average molecular weight is 392 g/mol. The second-order valence-corrected chi connectivity index (χ2v) is 8.16. The third-order valence-electron chi connectivity index (χ3n) is 6.35. The molecule has 6 nitrogen and oxygen atoms in total. The second kappa shape index (κ2) is 7.97. The van der Waals surface area contributed by atoms with E-state index in [1.165, 1.54) is 31.9 Å². The van der Waals surface area contributed by atoms with E-state index in [2.05, 4.69) is 25.6 Å². The fourth-order valence-corrected chi connectivity index (χ4v) is 4.98. The fraction of sp³-hybridized carbons (Fsp3) is 0.500. The van der Waals surface area contributed by atoms with Crippen molar-refractivity contribution in [3.8, 4) is 22.5 Å². The van der Waals surface area contributed by atoms with Gasteiger partial charge in [0.05, 0.1) is 17.5 Å². The van der Waals surface area contributed by atoms with Gasteiger partial charge in [-0.05, 0) is 55.4 Å². The van der Waals surface area contributed by atoms with Crippen LogP contribution in [0.3, 0.4) is 0 Å². The van der Waals surface area contributed by atoms with Crippen LogP contribution < -0.4 is 0 Å². The van der Waals surface area contributed by atoms with Gasteiger partial charge in [-0.2, -0.15) is 5.21 Å². The number of hydrogen-bond acceptors (Lipinski definition) is 5. The zero-order chi connectivity index (χ0) is 19.6. The molecule has 1 N–H and O–H groups in total. The van der Waals surface area contributed by atoms with Gasteiger partial charge in [0.2, 0.25) is 5.82 Å². The van der Waals surface area contributed by atoms with Crippen LogP contribution in [0.2, 0.25) is 0 Å². The lowest BCUT2D eigenvalue weighted by atomic mass is 9.81. The molecule has 0 aromatic carbocycles. The maximum Gasteiger partial charge on any atom is 0.207 e. The average Bonchev–Trinajstić information content (AvgIpc) is 3.19. The van der Waals surface area contributed by atoms with Crippen molar-refractivity contribution in [3.05, 3.63) is 41.2 Å². The summed E-state index contributed by atoms with van der Waals surface area (Å²) in [5.74, 6) is 0.551. The summed E-state index contributed by atoms with van der Waals surface area (Å²) in [6.07, 6.45) is 14.1. The largest absolute Gasteiger partial charge is 0.262 e. The lowest BCUT2D eigenvalue weighted by molar-refractivity contribution is 0.436. The van der Waals surface area contributed by atoms with Crippen molar-refractivity contribution < 1.29 is 4.39 Å². The number of fused-ring (bicyclic) bond motifs is 1. The van der Waals surface area contributed by atoms with E-state index in [-0.39, 0.29) is 5.82 Å². The SMILES string of the molecule is Fc1cnccc1-c1c2c(nc(C3CCCCC3)c1-c1nn[nH]n1)CCCCC2. The number of halogens is 1. The highest BCUT2D eigenvalue weighted by atomic mass is 19.1. The van der Waals surface area contributed by atoms with Crippen molar-refractivity contribution in [2.45, 2.75) is 70.1 Å². The van der Waals surface area contributed by atoms with Gasteiger partial charge in [-0.15, -0.1) is 10.2 Å². The van der Waals surface area contributed by atoms with E-state index in [1.807, 2.05) is 0 Å². The summed E-state index contributed by atoms with van der Waals surface area (Å²) in [7, 11) is 0. The Morgan fingerprint density at radius 1 is 0.966 bits per heavy atom. The Hall–Kier alpha value is -2.70. The van der Waals surface area contributed by atoms with E-state index < -0.39 is 0 Å². The molecular weight excluding hydrogens is 367 g/mol. The minimum Gasteiger partial charge on any atom is -0.262 e. The summed E-state index contributed by atoms with van der Waals surface area (Å²) in [4.78, 5) is 9.17. The second-order valence-electron chi connectivity index (χ2n) is 8.16. The number of tetrazole rings is 1. The molecule has 3 heterocycles. The molecule has 0 bridgehead atoms. The first-order valence-corrected chi connectivity index (χ1v) is 10.7. The molecule has 3 aromatic heterocycles. The van der Waals surface area contributed by atoms with Crippen LogP contribution in [0.25, 0.3) is 22.5 Å². The molecule has 150 valence electrons. The van der Waals surface area contributed by atoms with Gasteiger partial charge in [0.1, 0.15) is 5.82 Å². The van der Waals surface area contributed by atoms with Crippen molar-refractivity contribution in [2.75, 3.05) is 0 Å². The topological polar surface area (TPSA) is 80.2 Å². The van der Waals surface area contributed by atoms with Crippen LogP contribution in [0, 0.1) is 5.82 Å². The molecule has 0 radical (unpaired) electrons. The molecule has 1 saturated carbocycles. The highest BCUT2D eigenvalue weighted by molar-refractivity contribution is 5.85. The predicted octanol–water partition coefficient (Wildman–Crippen LogP) is 4.78. The Balaban J connectivity index is 1.83. The minimum atomic E-state index is -0.315. The van der Waals surface area contributed by atoms with Gasteiger partial charge >= 0.3 is 0 Å². The van der Waals surface area contributed by atoms with Gasteiger partial charge in [-0.25, -0.2) is 4.39 Å². The molecule has 5 rings (SSSR count). The summed E-state index contributed by atoms with van der Waals surface area (Å²) < 4.78 is 15.0. The van der Waals surface area contributed by atoms with Crippen LogP contribution in [0.1, 0.15) is 74.2 Å².